The average molecular weight is 329 g/mol. The predicted octanol–water partition coefficient (Wildman–Crippen LogP) is 2.82. The number of nitrogens with zero attached hydrogens (tertiary/aromatic N) is 1. The van der Waals surface area contributed by atoms with Crippen molar-refractivity contribution >= 4 is 23.3 Å². The van der Waals surface area contributed by atoms with Crippen LogP contribution in [0.4, 0.5) is 4.79 Å². The summed E-state index contributed by atoms with van der Waals surface area (Å²) in [4.78, 5) is 25.9. The van der Waals surface area contributed by atoms with Gasteiger partial charge in [-0.15, -0.1) is 0 Å². The molecule has 1 aromatic heterocycles. The van der Waals surface area contributed by atoms with Crippen molar-refractivity contribution in [3.63, 3.8) is 0 Å². The molecular weight excluding hydrogens is 310 g/mol. The Hall–Kier alpha value is -2.18. The molecular formula is C17H19N3O2S. The minimum absolute atomic E-state index is 0.185. The van der Waals surface area contributed by atoms with Gasteiger partial charge in [0.15, 0.2) is 0 Å². The Morgan fingerprint density at radius 1 is 1.26 bits per heavy atom. The highest BCUT2D eigenvalue weighted by atomic mass is 32.1. The van der Waals surface area contributed by atoms with Crippen LogP contribution in [0.5, 0.6) is 0 Å². The average Bonchev–Trinajstić information content (AvgIpc) is 3.18. The largest absolute Gasteiger partial charge is 0.351 e. The summed E-state index contributed by atoms with van der Waals surface area (Å²) in [5, 5.41) is 6.42. The molecule has 1 aromatic carbocycles. The zero-order chi connectivity index (χ0) is 16.2. The van der Waals surface area contributed by atoms with E-state index in [1.54, 1.807) is 11.3 Å². The van der Waals surface area contributed by atoms with Gasteiger partial charge in [0.1, 0.15) is 6.04 Å². The van der Waals surface area contributed by atoms with Gasteiger partial charge in [-0.3, -0.25) is 15.0 Å². The van der Waals surface area contributed by atoms with Gasteiger partial charge in [0, 0.05) is 6.04 Å². The molecule has 2 aromatic rings. The van der Waals surface area contributed by atoms with E-state index in [4.69, 9.17) is 5.73 Å². The van der Waals surface area contributed by atoms with Gasteiger partial charge in [0.05, 0.1) is 0 Å². The standard InChI is InChI=1S/C17H19N3O2S/c18-17(22)19-16(21)15(12-5-2-1-3-6-12)20-9-4-7-14(20)13-8-10-23-11-13/h1-3,5-6,8,10-11,14-15H,4,7,9H2,(H3,18,19,21,22)/t14-,15+/m1/s1. The number of imide groups is 1. The van der Waals surface area contributed by atoms with Crippen LogP contribution in [0, 0.1) is 0 Å². The number of hydrogen-bond donors (Lipinski definition) is 2. The van der Waals surface area contributed by atoms with Crippen molar-refractivity contribution in [1.82, 2.24) is 10.2 Å². The van der Waals surface area contributed by atoms with Gasteiger partial charge in [0.2, 0.25) is 5.91 Å². The van der Waals surface area contributed by atoms with Crippen molar-refractivity contribution in [1.29, 1.82) is 0 Å². The summed E-state index contributed by atoms with van der Waals surface area (Å²) < 4.78 is 0. The molecule has 1 aliphatic heterocycles. The van der Waals surface area contributed by atoms with E-state index in [2.05, 4.69) is 21.7 Å². The summed E-state index contributed by atoms with van der Waals surface area (Å²) in [6, 6.07) is 10.5. The molecule has 0 unspecified atom stereocenters. The number of likely N-dealkylation sites (tertiary alicyclic amines) is 1. The van der Waals surface area contributed by atoms with Crippen LogP contribution in [0.25, 0.3) is 0 Å². The van der Waals surface area contributed by atoms with E-state index in [1.807, 2.05) is 35.7 Å². The van der Waals surface area contributed by atoms with Gasteiger partial charge in [-0.25, -0.2) is 4.79 Å². The number of carbonyl (C=O) groups is 2. The normalized spacial score (nSPS) is 19.4. The molecule has 0 bridgehead atoms. The van der Waals surface area contributed by atoms with Crippen molar-refractivity contribution in [2.24, 2.45) is 5.73 Å². The maximum atomic E-state index is 12.6. The molecule has 0 radical (unpaired) electrons. The van der Waals surface area contributed by atoms with Crippen molar-refractivity contribution < 1.29 is 9.59 Å². The second kappa shape index (κ2) is 6.93. The lowest BCUT2D eigenvalue weighted by atomic mass is 10.0. The van der Waals surface area contributed by atoms with Gasteiger partial charge < -0.3 is 5.73 Å². The third-order valence-corrected chi connectivity index (χ3v) is 4.87. The quantitative estimate of drug-likeness (QED) is 0.905. The Morgan fingerprint density at radius 3 is 2.70 bits per heavy atom. The molecule has 120 valence electrons. The Balaban J connectivity index is 1.94. The van der Waals surface area contributed by atoms with Crippen molar-refractivity contribution in [3.8, 4) is 0 Å². The molecule has 23 heavy (non-hydrogen) atoms. The summed E-state index contributed by atoms with van der Waals surface area (Å²) in [6.07, 6.45) is 2.03. The zero-order valence-electron chi connectivity index (χ0n) is 12.6. The fourth-order valence-corrected chi connectivity index (χ4v) is 3.95. The lowest BCUT2D eigenvalue weighted by molar-refractivity contribution is -0.126. The van der Waals surface area contributed by atoms with Crippen molar-refractivity contribution in [3.05, 3.63) is 58.3 Å². The Morgan fingerprint density at radius 2 is 2.04 bits per heavy atom. The first-order valence-electron chi connectivity index (χ1n) is 7.60. The molecule has 1 saturated heterocycles. The molecule has 2 heterocycles. The number of benzene rings is 1. The van der Waals surface area contributed by atoms with Crippen molar-refractivity contribution in [2.75, 3.05) is 6.54 Å². The third kappa shape index (κ3) is 3.43. The van der Waals surface area contributed by atoms with Crippen LogP contribution in [0.3, 0.4) is 0 Å². The molecule has 5 nitrogen and oxygen atoms in total. The van der Waals surface area contributed by atoms with E-state index in [-0.39, 0.29) is 11.9 Å². The number of nitrogens with one attached hydrogen (secondary N) is 1. The van der Waals surface area contributed by atoms with E-state index in [9.17, 15) is 9.59 Å². The molecule has 3 amide bonds. The van der Waals surface area contributed by atoms with Crippen molar-refractivity contribution in [2.45, 2.75) is 24.9 Å². The van der Waals surface area contributed by atoms with Crippen LogP contribution >= 0.6 is 11.3 Å². The molecule has 0 aliphatic carbocycles. The number of urea groups is 1. The molecule has 0 spiro atoms. The van der Waals surface area contributed by atoms with Gasteiger partial charge >= 0.3 is 6.03 Å². The highest BCUT2D eigenvalue weighted by Gasteiger charge is 2.37. The number of carbonyl (C=O) groups excluding carboxylic acids is 2. The summed E-state index contributed by atoms with van der Waals surface area (Å²) in [5.74, 6) is -0.370. The lowest BCUT2D eigenvalue weighted by Crippen LogP contribution is -2.44. The highest BCUT2D eigenvalue weighted by molar-refractivity contribution is 7.07. The number of rotatable bonds is 4. The van der Waals surface area contributed by atoms with Gasteiger partial charge in [-0.2, -0.15) is 11.3 Å². The highest BCUT2D eigenvalue weighted by Crippen LogP contribution is 2.39. The SMILES string of the molecule is NC(=O)NC(=O)[C@H](c1ccccc1)N1CCC[C@@H]1c1ccsc1. The Bertz CT molecular complexity index is 672. The van der Waals surface area contributed by atoms with E-state index in [0.29, 0.717) is 0 Å². The summed E-state index contributed by atoms with van der Waals surface area (Å²) in [7, 11) is 0. The third-order valence-electron chi connectivity index (χ3n) is 4.16. The fraction of sp³-hybridized carbons (Fsp3) is 0.294. The first-order valence-corrected chi connectivity index (χ1v) is 8.54. The molecule has 0 saturated carbocycles. The summed E-state index contributed by atoms with van der Waals surface area (Å²) >= 11 is 1.65. The van der Waals surface area contributed by atoms with E-state index in [0.717, 1.165) is 24.9 Å². The maximum Gasteiger partial charge on any atom is 0.318 e. The summed E-state index contributed by atoms with van der Waals surface area (Å²) in [6.45, 7) is 0.812. The van der Waals surface area contributed by atoms with E-state index < -0.39 is 12.1 Å². The Kier molecular flexibility index (Phi) is 4.73. The molecule has 1 aliphatic rings. The van der Waals surface area contributed by atoms with E-state index in [1.165, 1.54) is 5.56 Å². The second-order valence-electron chi connectivity index (χ2n) is 5.62. The van der Waals surface area contributed by atoms with Crippen LogP contribution in [0.1, 0.15) is 36.1 Å². The van der Waals surface area contributed by atoms with Crippen LogP contribution in [-0.4, -0.2) is 23.4 Å². The van der Waals surface area contributed by atoms with Crippen LogP contribution in [0.15, 0.2) is 47.2 Å². The number of primary amides is 1. The lowest BCUT2D eigenvalue weighted by Gasteiger charge is -2.32. The predicted molar refractivity (Wildman–Crippen MR) is 89.9 cm³/mol. The molecule has 1 fully saturated rings. The molecule has 3 rings (SSSR count). The first-order chi connectivity index (χ1) is 11.2. The minimum Gasteiger partial charge on any atom is -0.351 e. The number of hydrogen-bond acceptors (Lipinski definition) is 4. The van der Waals surface area contributed by atoms with Gasteiger partial charge in [-0.1, -0.05) is 30.3 Å². The maximum absolute atomic E-state index is 12.6. The number of amides is 3. The Labute approximate surface area is 139 Å². The van der Waals surface area contributed by atoms with Crippen LogP contribution in [0.2, 0.25) is 0 Å². The fourth-order valence-electron chi connectivity index (χ4n) is 3.24. The second-order valence-corrected chi connectivity index (χ2v) is 6.40. The van der Waals surface area contributed by atoms with Gasteiger partial charge in [-0.05, 0) is 47.3 Å². The van der Waals surface area contributed by atoms with Gasteiger partial charge in [0.25, 0.3) is 0 Å². The monoisotopic (exact) mass is 329 g/mol. The topological polar surface area (TPSA) is 75.4 Å². The summed E-state index contributed by atoms with van der Waals surface area (Å²) in [5.41, 5.74) is 7.24. The molecule has 2 atom stereocenters. The number of nitrogens with two attached hydrogens (primary N) is 1. The first kappa shape index (κ1) is 15.7. The van der Waals surface area contributed by atoms with Crippen LogP contribution in [-0.2, 0) is 4.79 Å². The smallest absolute Gasteiger partial charge is 0.318 e. The zero-order valence-corrected chi connectivity index (χ0v) is 13.5. The molecule has 3 N–H and O–H groups in total. The molecule has 6 heteroatoms. The minimum atomic E-state index is -0.817. The van der Waals surface area contributed by atoms with E-state index >= 15 is 0 Å². The van der Waals surface area contributed by atoms with Crippen LogP contribution < -0.4 is 11.1 Å². The number of thiophene rings is 1.